The third kappa shape index (κ3) is 11.9. The van der Waals surface area contributed by atoms with Gasteiger partial charge < -0.3 is 9.29 Å². The highest BCUT2D eigenvalue weighted by molar-refractivity contribution is 7.87. The summed E-state index contributed by atoms with van der Waals surface area (Å²) in [5, 5.41) is 10.1. The second-order valence-electron chi connectivity index (χ2n) is 8.49. The number of imidazole rings is 1. The average molecular weight is 701 g/mol. The van der Waals surface area contributed by atoms with Crippen LogP contribution in [0.4, 0.5) is 26.3 Å². The summed E-state index contributed by atoms with van der Waals surface area (Å²) in [4.78, 5) is 15.8. The second kappa shape index (κ2) is 13.7. The van der Waals surface area contributed by atoms with E-state index in [-0.39, 0.29) is 28.0 Å². The molecule has 2 N–H and O–H groups in total. The molecule has 0 amide bonds. The van der Waals surface area contributed by atoms with Gasteiger partial charge in [-0.15, -0.1) is 0 Å². The molecule has 0 spiro atoms. The fourth-order valence-electron chi connectivity index (χ4n) is 3.20. The molecular formula is C23H20Cl2F6N2O8S2. The molecule has 1 aromatic heterocycles. The minimum absolute atomic E-state index is 0.193. The number of hydrogen-bond acceptors (Lipinski definition) is 7. The van der Waals surface area contributed by atoms with E-state index in [2.05, 4.69) is 4.98 Å². The first kappa shape index (κ1) is 36.1. The van der Waals surface area contributed by atoms with Gasteiger partial charge in [0.1, 0.15) is 11.6 Å². The van der Waals surface area contributed by atoms with Gasteiger partial charge in [-0.1, -0.05) is 23.2 Å². The molecule has 0 aliphatic carbocycles. The van der Waals surface area contributed by atoms with Crippen molar-refractivity contribution in [3.63, 3.8) is 0 Å². The SMILES string of the molecule is Cc1c(C(=O)O)nc(-c2ccc(Cl)cc2Cl)n1-c1ccc(OS(=O)(=O)CCC(F)(F)F)cc1.O=S(=O)(O)CCC(F)(F)F. The Balaban J connectivity index is 0.000000553. The minimum Gasteiger partial charge on any atom is -0.476 e. The molecule has 0 saturated carbocycles. The topological polar surface area (TPSA) is 153 Å². The average Bonchev–Trinajstić information content (AvgIpc) is 3.18. The summed E-state index contributed by atoms with van der Waals surface area (Å²) in [5.41, 5.74) is 0.807. The summed E-state index contributed by atoms with van der Waals surface area (Å²) in [6, 6.07) is 9.86. The number of aromatic nitrogens is 2. The molecule has 10 nitrogen and oxygen atoms in total. The van der Waals surface area contributed by atoms with Crippen LogP contribution in [0.3, 0.4) is 0 Å². The Bertz CT molecular complexity index is 1680. The molecule has 2 aromatic carbocycles. The van der Waals surface area contributed by atoms with Gasteiger partial charge in [0.2, 0.25) is 0 Å². The lowest BCUT2D eigenvalue weighted by Crippen LogP contribution is -2.20. The Labute approximate surface area is 250 Å². The highest BCUT2D eigenvalue weighted by atomic mass is 35.5. The lowest BCUT2D eigenvalue weighted by atomic mass is 10.2. The highest BCUT2D eigenvalue weighted by Crippen LogP contribution is 2.34. The normalized spacial score (nSPS) is 12.4. The van der Waals surface area contributed by atoms with Gasteiger partial charge in [-0.2, -0.15) is 43.2 Å². The maximum atomic E-state index is 12.3. The van der Waals surface area contributed by atoms with Crippen molar-refractivity contribution in [2.75, 3.05) is 11.5 Å². The van der Waals surface area contributed by atoms with Crippen molar-refractivity contribution in [1.29, 1.82) is 0 Å². The smallest absolute Gasteiger partial charge is 0.390 e. The minimum atomic E-state index is -4.64. The van der Waals surface area contributed by atoms with E-state index in [0.29, 0.717) is 16.3 Å². The van der Waals surface area contributed by atoms with Gasteiger partial charge in [-0.3, -0.25) is 9.12 Å². The Kier molecular flexibility index (Phi) is 11.5. The maximum Gasteiger partial charge on any atom is 0.390 e. The lowest BCUT2D eigenvalue weighted by molar-refractivity contribution is -0.131. The second-order valence-corrected chi connectivity index (χ2v) is 12.6. The predicted molar refractivity (Wildman–Crippen MR) is 143 cm³/mol. The van der Waals surface area contributed by atoms with Crippen LogP contribution in [0.25, 0.3) is 17.1 Å². The monoisotopic (exact) mass is 700 g/mol. The fraction of sp³-hybridized carbons (Fsp3) is 0.304. The van der Waals surface area contributed by atoms with Crippen LogP contribution in [0.2, 0.25) is 10.0 Å². The molecule has 0 saturated heterocycles. The van der Waals surface area contributed by atoms with Crippen molar-refractivity contribution in [3.8, 4) is 22.8 Å². The molecule has 0 aliphatic rings. The van der Waals surface area contributed by atoms with Gasteiger partial charge in [0, 0.05) is 16.3 Å². The first-order valence-corrected chi connectivity index (χ1v) is 15.3. The fourth-order valence-corrected chi connectivity index (χ4v) is 5.15. The molecule has 0 atom stereocenters. The van der Waals surface area contributed by atoms with Crippen LogP contribution in [0, 0.1) is 6.92 Å². The Hall–Kier alpha value is -3.06. The lowest BCUT2D eigenvalue weighted by Gasteiger charge is -2.13. The van der Waals surface area contributed by atoms with Crippen LogP contribution in [-0.2, 0) is 20.2 Å². The molecule has 3 rings (SSSR count). The molecule has 3 aromatic rings. The summed E-state index contributed by atoms with van der Waals surface area (Å²) in [6.45, 7) is 1.52. The van der Waals surface area contributed by atoms with Crippen LogP contribution < -0.4 is 4.18 Å². The first-order valence-electron chi connectivity index (χ1n) is 11.4. The zero-order chi connectivity index (χ0) is 33.0. The van der Waals surface area contributed by atoms with Gasteiger partial charge in [-0.05, 0) is 49.4 Å². The van der Waals surface area contributed by atoms with Crippen LogP contribution in [-0.4, -0.2) is 65.9 Å². The number of hydrogen-bond donors (Lipinski definition) is 2. The van der Waals surface area contributed by atoms with Gasteiger partial charge in [0.05, 0.1) is 35.1 Å². The van der Waals surface area contributed by atoms with Crippen molar-refractivity contribution in [2.45, 2.75) is 32.1 Å². The summed E-state index contributed by atoms with van der Waals surface area (Å²) in [7, 11) is -8.95. The maximum absolute atomic E-state index is 12.3. The van der Waals surface area contributed by atoms with Crippen LogP contribution in [0.5, 0.6) is 5.75 Å². The Morgan fingerprint density at radius 2 is 1.47 bits per heavy atom. The van der Waals surface area contributed by atoms with E-state index in [1.807, 2.05) is 0 Å². The van der Waals surface area contributed by atoms with Crippen molar-refractivity contribution in [1.82, 2.24) is 9.55 Å². The third-order valence-corrected chi connectivity index (χ3v) is 7.50. The Morgan fingerprint density at radius 3 is 1.91 bits per heavy atom. The number of halogens is 8. The van der Waals surface area contributed by atoms with E-state index in [4.69, 9.17) is 31.9 Å². The number of carboxylic acids is 1. The van der Waals surface area contributed by atoms with Crippen molar-refractivity contribution in [3.05, 3.63) is 63.9 Å². The number of carbonyl (C=O) groups is 1. The van der Waals surface area contributed by atoms with Crippen molar-refractivity contribution < 1.29 is 61.8 Å². The molecule has 0 radical (unpaired) electrons. The molecule has 0 fully saturated rings. The molecule has 0 aliphatic heterocycles. The van der Waals surface area contributed by atoms with Gasteiger partial charge in [0.15, 0.2) is 5.69 Å². The van der Waals surface area contributed by atoms with Crippen LogP contribution in [0.15, 0.2) is 42.5 Å². The zero-order valence-electron chi connectivity index (χ0n) is 21.4. The van der Waals surface area contributed by atoms with Gasteiger partial charge >= 0.3 is 28.4 Å². The summed E-state index contributed by atoms with van der Waals surface area (Å²) >= 11 is 12.2. The summed E-state index contributed by atoms with van der Waals surface area (Å²) in [5.74, 6) is -3.77. The molecule has 20 heteroatoms. The number of benzene rings is 2. The largest absolute Gasteiger partial charge is 0.476 e. The van der Waals surface area contributed by atoms with E-state index >= 15 is 0 Å². The van der Waals surface area contributed by atoms with E-state index in [1.165, 1.54) is 41.8 Å². The highest BCUT2D eigenvalue weighted by Gasteiger charge is 2.31. The van der Waals surface area contributed by atoms with Crippen LogP contribution >= 0.6 is 23.2 Å². The number of carboxylic acid groups (broad SMARTS) is 1. The molecule has 0 unspecified atom stereocenters. The standard InChI is InChI=1S/C20H15Cl2F3N2O5S.C3H5F3O3S/c1-11-17(19(28)29)26-18(15-7-2-12(21)10-16(15)22)27(11)13-3-5-14(6-4-13)32-33(30,31)9-8-20(23,24)25;4-3(5,6)1-2-10(7,8)9/h2-7,10H,8-9H2,1H3,(H,28,29);1-2H2,(H,7,8,9). The summed E-state index contributed by atoms with van der Waals surface area (Å²) in [6.07, 6.45) is -12.2. The summed E-state index contributed by atoms with van der Waals surface area (Å²) < 4.78 is 128. The molecule has 0 bridgehead atoms. The number of rotatable bonds is 9. The predicted octanol–water partition coefficient (Wildman–Crippen LogP) is 6.34. The van der Waals surface area contributed by atoms with E-state index in [1.54, 1.807) is 12.1 Å². The quantitative estimate of drug-likeness (QED) is 0.148. The van der Waals surface area contributed by atoms with E-state index in [0.717, 1.165) is 0 Å². The number of aromatic carboxylic acids is 1. The molecule has 1 heterocycles. The Morgan fingerprint density at radius 1 is 0.930 bits per heavy atom. The number of alkyl halides is 6. The van der Waals surface area contributed by atoms with E-state index < -0.39 is 62.9 Å². The molecular weight excluding hydrogens is 681 g/mol. The van der Waals surface area contributed by atoms with Crippen LogP contribution in [0.1, 0.15) is 29.0 Å². The molecule has 43 heavy (non-hydrogen) atoms. The van der Waals surface area contributed by atoms with Gasteiger partial charge in [0.25, 0.3) is 10.1 Å². The van der Waals surface area contributed by atoms with E-state index in [9.17, 15) is 53.1 Å². The number of nitrogens with zero attached hydrogens (tertiary/aromatic N) is 2. The zero-order valence-corrected chi connectivity index (χ0v) is 24.6. The first-order chi connectivity index (χ1) is 19.5. The van der Waals surface area contributed by atoms with Crippen molar-refractivity contribution >= 4 is 49.4 Å². The van der Waals surface area contributed by atoms with Crippen molar-refractivity contribution in [2.24, 2.45) is 0 Å². The van der Waals surface area contributed by atoms with Gasteiger partial charge in [-0.25, -0.2) is 9.78 Å². The third-order valence-electron chi connectivity index (χ3n) is 5.08. The molecule has 238 valence electrons.